The molecular formula is C21H19N3O2S. The van der Waals surface area contributed by atoms with Crippen LogP contribution >= 0.6 is 11.3 Å². The van der Waals surface area contributed by atoms with Crippen molar-refractivity contribution in [2.24, 2.45) is 5.10 Å². The second kappa shape index (κ2) is 8.42. The zero-order valence-electron chi connectivity index (χ0n) is 15.0. The van der Waals surface area contributed by atoms with Gasteiger partial charge in [0.1, 0.15) is 0 Å². The first-order valence-electron chi connectivity index (χ1n) is 8.40. The molecule has 0 aliphatic rings. The largest absolute Gasteiger partial charge is 0.321 e. The molecule has 0 saturated heterocycles. The number of carbonyl (C=O) groups is 2. The van der Waals surface area contributed by atoms with E-state index in [4.69, 9.17) is 0 Å². The van der Waals surface area contributed by atoms with Crippen LogP contribution < -0.4 is 10.7 Å². The molecule has 3 rings (SSSR count). The standard InChI is InChI=1S/C21H19N3O2S/c1-14-7-3-4-10-18(14)20(25)24-23-15(2)16-8-5-9-17(13-16)22-21(26)19-11-6-12-27-19/h3-13H,1-2H3,(H,22,26)(H,24,25)/b23-15+. The summed E-state index contributed by atoms with van der Waals surface area (Å²) in [6, 6.07) is 18.3. The lowest BCUT2D eigenvalue weighted by atomic mass is 10.1. The Labute approximate surface area is 161 Å². The molecule has 2 amide bonds. The summed E-state index contributed by atoms with van der Waals surface area (Å²) in [7, 11) is 0. The predicted octanol–water partition coefficient (Wildman–Crippen LogP) is 4.46. The van der Waals surface area contributed by atoms with E-state index < -0.39 is 0 Å². The molecule has 0 aliphatic carbocycles. The van der Waals surface area contributed by atoms with Gasteiger partial charge in [-0.05, 0) is 54.6 Å². The highest BCUT2D eigenvalue weighted by Gasteiger charge is 2.09. The maximum Gasteiger partial charge on any atom is 0.271 e. The third-order valence-corrected chi connectivity index (χ3v) is 4.87. The molecule has 27 heavy (non-hydrogen) atoms. The van der Waals surface area contributed by atoms with Gasteiger partial charge in [0.25, 0.3) is 11.8 Å². The summed E-state index contributed by atoms with van der Waals surface area (Å²) >= 11 is 1.39. The number of nitrogens with zero attached hydrogens (tertiary/aromatic N) is 1. The highest BCUT2D eigenvalue weighted by molar-refractivity contribution is 7.12. The second-order valence-corrected chi connectivity index (χ2v) is 6.91. The summed E-state index contributed by atoms with van der Waals surface area (Å²) in [5, 5.41) is 8.92. The number of hydrazone groups is 1. The van der Waals surface area contributed by atoms with Crippen LogP contribution in [0.5, 0.6) is 0 Å². The van der Waals surface area contributed by atoms with Crippen molar-refractivity contribution in [1.29, 1.82) is 0 Å². The average Bonchev–Trinajstić information content (AvgIpc) is 3.21. The Bertz CT molecular complexity index is 994. The van der Waals surface area contributed by atoms with Gasteiger partial charge in [0.15, 0.2) is 0 Å². The first-order valence-corrected chi connectivity index (χ1v) is 9.28. The number of anilines is 1. The number of aryl methyl sites for hydroxylation is 1. The molecule has 0 radical (unpaired) electrons. The summed E-state index contributed by atoms with van der Waals surface area (Å²) in [6.07, 6.45) is 0. The van der Waals surface area contributed by atoms with Gasteiger partial charge in [0.05, 0.1) is 10.6 Å². The van der Waals surface area contributed by atoms with Crippen molar-refractivity contribution in [3.8, 4) is 0 Å². The van der Waals surface area contributed by atoms with Gasteiger partial charge in [-0.2, -0.15) is 5.10 Å². The van der Waals surface area contributed by atoms with Gasteiger partial charge in [-0.25, -0.2) is 5.43 Å². The van der Waals surface area contributed by atoms with E-state index in [1.807, 2.05) is 60.8 Å². The van der Waals surface area contributed by atoms with Gasteiger partial charge >= 0.3 is 0 Å². The Hall–Kier alpha value is -3.25. The molecule has 2 N–H and O–H groups in total. The summed E-state index contributed by atoms with van der Waals surface area (Å²) in [5.74, 6) is -0.404. The Morgan fingerprint density at radius 1 is 0.963 bits per heavy atom. The number of nitrogens with one attached hydrogen (secondary N) is 2. The molecule has 0 atom stereocenters. The number of rotatable bonds is 5. The predicted molar refractivity (Wildman–Crippen MR) is 110 cm³/mol. The van der Waals surface area contributed by atoms with Crippen molar-refractivity contribution >= 4 is 34.6 Å². The van der Waals surface area contributed by atoms with Gasteiger partial charge in [0.2, 0.25) is 0 Å². The lowest BCUT2D eigenvalue weighted by molar-refractivity contribution is 0.0953. The molecule has 0 saturated carbocycles. The number of thiophene rings is 1. The molecule has 0 spiro atoms. The van der Waals surface area contributed by atoms with Crippen LogP contribution in [0.3, 0.4) is 0 Å². The third-order valence-electron chi connectivity index (χ3n) is 4.00. The van der Waals surface area contributed by atoms with E-state index in [0.29, 0.717) is 21.8 Å². The second-order valence-electron chi connectivity index (χ2n) is 5.97. The summed E-state index contributed by atoms with van der Waals surface area (Å²) in [5.41, 5.74) is 6.19. The zero-order chi connectivity index (χ0) is 19.2. The van der Waals surface area contributed by atoms with E-state index in [1.165, 1.54) is 11.3 Å². The first kappa shape index (κ1) is 18.5. The van der Waals surface area contributed by atoms with E-state index >= 15 is 0 Å². The molecule has 0 bridgehead atoms. The minimum atomic E-state index is -0.255. The maximum atomic E-state index is 12.3. The van der Waals surface area contributed by atoms with Crippen molar-refractivity contribution in [2.45, 2.75) is 13.8 Å². The molecule has 5 nitrogen and oxygen atoms in total. The number of carbonyl (C=O) groups excluding carboxylic acids is 2. The normalized spacial score (nSPS) is 11.1. The van der Waals surface area contributed by atoms with Crippen molar-refractivity contribution in [3.05, 3.63) is 87.6 Å². The van der Waals surface area contributed by atoms with Crippen LogP contribution in [-0.2, 0) is 0 Å². The van der Waals surface area contributed by atoms with Crippen LogP contribution in [0, 0.1) is 6.92 Å². The molecule has 0 unspecified atom stereocenters. The Morgan fingerprint density at radius 2 is 1.78 bits per heavy atom. The fourth-order valence-corrected chi connectivity index (χ4v) is 3.13. The lowest BCUT2D eigenvalue weighted by Gasteiger charge is -2.08. The molecule has 0 aliphatic heterocycles. The molecule has 6 heteroatoms. The Kier molecular flexibility index (Phi) is 5.78. The smallest absolute Gasteiger partial charge is 0.271 e. The molecule has 1 aromatic heterocycles. The van der Waals surface area contributed by atoms with E-state index in [1.54, 1.807) is 19.1 Å². The summed E-state index contributed by atoms with van der Waals surface area (Å²) in [4.78, 5) is 25.1. The van der Waals surface area contributed by atoms with E-state index in [-0.39, 0.29) is 11.8 Å². The van der Waals surface area contributed by atoms with Crippen molar-refractivity contribution in [1.82, 2.24) is 5.43 Å². The van der Waals surface area contributed by atoms with Gasteiger partial charge in [-0.1, -0.05) is 36.4 Å². The van der Waals surface area contributed by atoms with Crippen molar-refractivity contribution in [2.75, 3.05) is 5.32 Å². The van der Waals surface area contributed by atoms with Crippen molar-refractivity contribution < 1.29 is 9.59 Å². The van der Waals surface area contributed by atoms with Gasteiger partial charge in [-0.15, -0.1) is 11.3 Å². The van der Waals surface area contributed by atoms with Crippen LogP contribution in [0.4, 0.5) is 5.69 Å². The van der Waals surface area contributed by atoms with Crippen LogP contribution in [-0.4, -0.2) is 17.5 Å². The summed E-state index contributed by atoms with van der Waals surface area (Å²) < 4.78 is 0. The van der Waals surface area contributed by atoms with E-state index in [2.05, 4.69) is 15.8 Å². The number of hydrogen-bond donors (Lipinski definition) is 2. The zero-order valence-corrected chi connectivity index (χ0v) is 15.8. The Balaban J connectivity index is 1.70. The van der Waals surface area contributed by atoms with Crippen LogP contribution in [0.25, 0.3) is 0 Å². The molecular weight excluding hydrogens is 358 g/mol. The Morgan fingerprint density at radius 3 is 2.52 bits per heavy atom. The quantitative estimate of drug-likeness (QED) is 0.509. The fraction of sp³-hybridized carbons (Fsp3) is 0.0952. The topological polar surface area (TPSA) is 70.6 Å². The fourth-order valence-electron chi connectivity index (χ4n) is 2.51. The molecule has 3 aromatic rings. The van der Waals surface area contributed by atoms with E-state index in [0.717, 1.165) is 11.1 Å². The van der Waals surface area contributed by atoms with Gasteiger partial charge in [-0.3, -0.25) is 9.59 Å². The molecule has 2 aromatic carbocycles. The molecule has 1 heterocycles. The highest BCUT2D eigenvalue weighted by Crippen LogP contribution is 2.15. The lowest BCUT2D eigenvalue weighted by Crippen LogP contribution is -2.20. The monoisotopic (exact) mass is 377 g/mol. The highest BCUT2D eigenvalue weighted by atomic mass is 32.1. The van der Waals surface area contributed by atoms with Crippen LogP contribution in [0.1, 0.15) is 38.1 Å². The third kappa shape index (κ3) is 4.68. The average molecular weight is 377 g/mol. The van der Waals surface area contributed by atoms with Crippen LogP contribution in [0.15, 0.2) is 71.1 Å². The number of amides is 2. The van der Waals surface area contributed by atoms with Crippen LogP contribution in [0.2, 0.25) is 0 Å². The minimum absolute atomic E-state index is 0.149. The number of benzene rings is 2. The number of hydrogen-bond acceptors (Lipinski definition) is 4. The van der Waals surface area contributed by atoms with Gasteiger partial charge < -0.3 is 5.32 Å². The SMILES string of the molecule is C/C(=N\NC(=O)c1ccccc1C)c1cccc(NC(=O)c2cccs2)c1. The molecule has 136 valence electrons. The van der Waals surface area contributed by atoms with Crippen molar-refractivity contribution in [3.63, 3.8) is 0 Å². The summed E-state index contributed by atoms with van der Waals surface area (Å²) in [6.45, 7) is 3.68. The minimum Gasteiger partial charge on any atom is -0.321 e. The van der Waals surface area contributed by atoms with Gasteiger partial charge in [0, 0.05) is 11.3 Å². The maximum absolute atomic E-state index is 12.3. The first-order chi connectivity index (χ1) is 13.0. The molecule has 0 fully saturated rings. The van der Waals surface area contributed by atoms with E-state index in [9.17, 15) is 9.59 Å².